The summed E-state index contributed by atoms with van der Waals surface area (Å²) in [6, 6.07) is 13.9. The van der Waals surface area contributed by atoms with E-state index in [1.165, 1.54) is 11.2 Å². The van der Waals surface area contributed by atoms with Crippen LogP contribution in [0.15, 0.2) is 57.9 Å². The number of carbonyl (C=O) groups is 1. The van der Waals surface area contributed by atoms with Gasteiger partial charge in [0.25, 0.3) is 0 Å². The van der Waals surface area contributed by atoms with Gasteiger partial charge in [0.2, 0.25) is 27.6 Å². The number of rotatable bonds is 6. The third-order valence-corrected chi connectivity index (χ3v) is 6.83. The van der Waals surface area contributed by atoms with Gasteiger partial charge in [-0.15, -0.1) is 0 Å². The third kappa shape index (κ3) is 4.42. The van der Waals surface area contributed by atoms with Gasteiger partial charge in [-0.3, -0.25) is 4.79 Å². The lowest BCUT2D eigenvalue weighted by molar-refractivity contribution is -0.114. The highest BCUT2D eigenvalue weighted by Crippen LogP contribution is 2.24. The van der Waals surface area contributed by atoms with E-state index in [9.17, 15) is 13.2 Å². The molecule has 2 heterocycles. The van der Waals surface area contributed by atoms with E-state index in [4.69, 9.17) is 4.52 Å². The highest BCUT2D eigenvalue weighted by atomic mass is 32.2. The number of hydrogen-bond acceptors (Lipinski definition) is 6. The molecule has 9 heteroatoms. The summed E-state index contributed by atoms with van der Waals surface area (Å²) in [7, 11) is -3.44. The van der Waals surface area contributed by atoms with Crippen molar-refractivity contribution in [1.29, 1.82) is 0 Å². The summed E-state index contributed by atoms with van der Waals surface area (Å²) in [4.78, 5) is 15.8. The zero-order valence-electron chi connectivity index (χ0n) is 16.5. The van der Waals surface area contributed by atoms with Crippen molar-refractivity contribution in [3.63, 3.8) is 0 Å². The maximum atomic E-state index is 12.6. The first-order valence-corrected chi connectivity index (χ1v) is 11.2. The fourth-order valence-electron chi connectivity index (χ4n) is 3.38. The van der Waals surface area contributed by atoms with Crippen molar-refractivity contribution in [1.82, 2.24) is 14.4 Å². The van der Waals surface area contributed by atoms with Crippen molar-refractivity contribution >= 4 is 21.6 Å². The van der Waals surface area contributed by atoms with Gasteiger partial charge in [0.15, 0.2) is 0 Å². The number of carbonyl (C=O) groups excluding carboxylic acids is 1. The number of amides is 1. The molecule has 8 nitrogen and oxygen atoms in total. The monoisotopic (exact) mass is 426 g/mol. The molecule has 1 aliphatic heterocycles. The summed E-state index contributed by atoms with van der Waals surface area (Å²) in [5, 5.41) is 6.72. The molecule has 30 heavy (non-hydrogen) atoms. The number of benzene rings is 2. The lowest BCUT2D eigenvalue weighted by Crippen LogP contribution is -2.27. The molecule has 1 saturated heterocycles. The Balaban J connectivity index is 1.45. The van der Waals surface area contributed by atoms with Crippen molar-refractivity contribution in [2.24, 2.45) is 0 Å². The Bertz CT molecular complexity index is 1130. The van der Waals surface area contributed by atoms with Crippen molar-refractivity contribution < 1.29 is 17.7 Å². The topological polar surface area (TPSA) is 105 Å². The summed E-state index contributed by atoms with van der Waals surface area (Å²) < 4.78 is 32.1. The van der Waals surface area contributed by atoms with Crippen LogP contribution in [0.5, 0.6) is 0 Å². The van der Waals surface area contributed by atoms with Crippen LogP contribution in [-0.2, 0) is 21.2 Å². The van der Waals surface area contributed by atoms with Crippen LogP contribution in [0.4, 0.5) is 5.69 Å². The van der Waals surface area contributed by atoms with Gasteiger partial charge in [0, 0.05) is 31.3 Å². The molecule has 156 valence electrons. The second-order valence-corrected chi connectivity index (χ2v) is 9.14. The fraction of sp³-hybridized carbons (Fsp3) is 0.286. The van der Waals surface area contributed by atoms with Crippen LogP contribution < -0.4 is 5.32 Å². The quantitative estimate of drug-likeness (QED) is 0.649. The van der Waals surface area contributed by atoms with Crippen LogP contribution in [0.1, 0.15) is 31.2 Å². The summed E-state index contributed by atoms with van der Waals surface area (Å²) in [6.07, 6.45) is 2.26. The highest BCUT2D eigenvalue weighted by molar-refractivity contribution is 7.89. The zero-order valence-corrected chi connectivity index (χ0v) is 17.4. The van der Waals surface area contributed by atoms with E-state index in [2.05, 4.69) is 15.5 Å². The molecule has 1 fully saturated rings. The molecule has 0 bridgehead atoms. The predicted octanol–water partition coefficient (Wildman–Crippen LogP) is 3.07. The summed E-state index contributed by atoms with van der Waals surface area (Å²) in [5.41, 5.74) is 2.37. The standard InChI is InChI=1S/C21H22N4O4S/c1-15(26)22-18-8-4-16(5-9-18)14-20-23-21(24-29-20)17-6-10-19(11-7-17)30(27,28)25-12-2-3-13-25/h4-11H,2-3,12-14H2,1H3,(H,22,26). The van der Waals surface area contributed by atoms with Crippen molar-refractivity contribution in [3.05, 3.63) is 60.0 Å². The number of sulfonamides is 1. The molecule has 2 aromatic carbocycles. The Morgan fingerprint density at radius 3 is 2.37 bits per heavy atom. The van der Waals surface area contributed by atoms with Crippen LogP contribution in [0.3, 0.4) is 0 Å². The van der Waals surface area contributed by atoms with Gasteiger partial charge >= 0.3 is 0 Å². The molecule has 4 rings (SSSR count). The predicted molar refractivity (Wildman–Crippen MR) is 111 cm³/mol. The first kappa shape index (κ1) is 20.2. The van der Waals surface area contributed by atoms with Gasteiger partial charge in [-0.05, 0) is 54.8 Å². The van der Waals surface area contributed by atoms with E-state index >= 15 is 0 Å². The Hall–Kier alpha value is -3.04. The molecule has 0 unspecified atom stereocenters. The minimum Gasteiger partial charge on any atom is -0.339 e. The van der Waals surface area contributed by atoms with E-state index in [1.807, 2.05) is 24.3 Å². The van der Waals surface area contributed by atoms with Gasteiger partial charge in [0.1, 0.15) is 0 Å². The smallest absolute Gasteiger partial charge is 0.243 e. The Labute approximate surface area is 175 Å². The van der Waals surface area contributed by atoms with Gasteiger partial charge in [-0.25, -0.2) is 8.42 Å². The Morgan fingerprint density at radius 2 is 1.73 bits per heavy atom. The summed E-state index contributed by atoms with van der Waals surface area (Å²) >= 11 is 0. The normalized spacial score (nSPS) is 14.7. The van der Waals surface area contributed by atoms with E-state index in [-0.39, 0.29) is 10.8 Å². The van der Waals surface area contributed by atoms with E-state index in [1.54, 1.807) is 24.3 Å². The minimum absolute atomic E-state index is 0.122. The first-order valence-electron chi connectivity index (χ1n) is 9.71. The molecular weight excluding hydrogens is 404 g/mol. The van der Waals surface area contributed by atoms with Gasteiger partial charge in [0.05, 0.1) is 11.3 Å². The van der Waals surface area contributed by atoms with Crippen molar-refractivity contribution in [2.45, 2.75) is 31.1 Å². The van der Waals surface area contributed by atoms with E-state index in [0.29, 0.717) is 36.8 Å². The number of hydrogen-bond donors (Lipinski definition) is 1. The number of aromatic nitrogens is 2. The molecule has 3 aromatic rings. The lowest BCUT2D eigenvalue weighted by Gasteiger charge is -2.15. The zero-order chi connectivity index (χ0) is 21.1. The van der Waals surface area contributed by atoms with Gasteiger partial charge in [-0.1, -0.05) is 17.3 Å². The fourth-order valence-corrected chi connectivity index (χ4v) is 4.90. The molecule has 0 aliphatic carbocycles. The Morgan fingerprint density at radius 1 is 1.07 bits per heavy atom. The maximum absolute atomic E-state index is 12.6. The molecule has 0 atom stereocenters. The summed E-state index contributed by atoms with van der Waals surface area (Å²) in [5.74, 6) is 0.736. The molecule has 0 spiro atoms. The minimum atomic E-state index is -3.44. The van der Waals surface area contributed by atoms with Crippen molar-refractivity contribution in [2.75, 3.05) is 18.4 Å². The van der Waals surface area contributed by atoms with Crippen LogP contribution >= 0.6 is 0 Å². The maximum Gasteiger partial charge on any atom is 0.243 e. The van der Waals surface area contributed by atoms with E-state index < -0.39 is 10.0 Å². The van der Waals surface area contributed by atoms with Gasteiger partial charge < -0.3 is 9.84 Å². The van der Waals surface area contributed by atoms with Crippen LogP contribution in [0.25, 0.3) is 11.4 Å². The molecular formula is C21H22N4O4S. The molecule has 1 amide bonds. The van der Waals surface area contributed by atoms with E-state index in [0.717, 1.165) is 24.1 Å². The van der Waals surface area contributed by atoms with Crippen LogP contribution in [-0.4, -0.2) is 41.9 Å². The van der Waals surface area contributed by atoms with Crippen LogP contribution in [0, 0.1) is 0 Å². The number of anilines is 1. The second-order valence-electron chi connectivity index (χ2n) is 7.20. The second kappa shape index (κ2) is 8.37. The third-order valence-electron chi connectivity index (χ3n) is 4.91. The highest BCUT2D eigenvalue weighted by Gasteiger charge is 2.27. The molecule has 0 radical (unpaired) electrons. The number of nitrogens with one attached hydrogen (secondary N) is 1. The molecule has 0 saturated carbocycles. The summed E-state index contributed by atoms with van der Waals surface area (Å²) in [6.45, 7) is 2.61. The molecule has 1 aliphatic rings. The average Bonchev–Trinajstić information content (AvgIpc) is 3.42. The van der Waals surface area contributed by atoms with Crippen LogP contribution in [0.2, 0.25) is 0 Å². The molecule has 1 aromatic heterocycles. The SMILES string of the molecule is CC(=O)Nc1ccc(Cc2nc(-c3ccc(S(=O)(=O)N4CCCC4)cc3)no2)cc1. The Kier molecular flexibility index (Phi) is 5.65. The van der Waals surface area contributed by atoms with Crippen molar-refractivity contribution in [3.8, 4) is 11.4 Å². The largest absolute Gasteiger partial charge is 0.339 e. The van der Waals surface area contributed by atoms with Gasteiger partial charge in [-0.2, -0.15) is 9.29 Å². The lowest BCUT2D eigenvalue weighted by atomic mass is 10.1. The first-order chi connectivity index (χ1) is 14.4. The average molecular weight is 426 g/mol. The molecule has 1 N–H and O–H groups in total. The number of nitrogens with zero attached hydrogens (tertiary/aromatic N) is 3.